The minimum Gasteiger partial charge on any atom is -0.462 e. The number of ether oxygens (including phenoxy) is 1. The van der Waals surface area contributed by atoms with Gasteiger partial charge in [-0.2, -0.15) is 5.10 Å². The number of aromatic nitrogens is 2. The van der Waals surface area contributed by atoms with Crippen LogP contribution in [-0.2, 0) is 16.1 Å². The van der Waals surface area contributed by atoms with Gasteiger partial charge in [0.2, 0.25) is 0 Å². The molecule has 0 aliphatic rings. The second-order valence-corrected chi connectivity index (χ2v) is 3.51. The number of rotatable bonds is 3. The molecule has 82 valence electrons. The first-order chi connectivity index (χ1) is 6.99. The Morgan fingerprint density at radius 3 is 2.80 bits per heavy atom. The summed E-state index contributed by atoms with van der Waals surface area (Å²) in [5.74, 6) is -0.454. The fourth-order valence-electron chi connectivity index (χ4n) is 1.09. The second-order valence-electron chi connectivity index (χ2n) is 3.51. The second kappa shape index (κ2) is 4.72. The van der Waals surface area contributed by atoms with E-state index in [-0.39, 0.29) is 18.2 Å². The Balaban J connectivity index is 2.76. The van der Waals surface area contributed by atoms with Gasteiger partial charge in [0.05, 0.1) is 11.8 Å². The number of carbonyl (C=O) groups excluding carboxylic acids is 1. The van der Waals surface area contributed by atoms with Crippen LogP contribution in [0.2, 0.25) is 0 Å². The Hall–Kier alpha value is -1.65. The number of hydrogen-bond acceptors (Lipinski definition) is 4. The van der Waals surface area contributed by atoms with Gasteiger partial charge in [0.1, 0.15) is 6.54 Å². The summed E-state index contributed by atoms with van der Waals surface area (Å²) in [6, 6.07) is 2.98. The van der Waals surface area contributed by atoms with E-state index in [1.54, 1.807) is 26.8 Å². The van der Waals surface area contributed by atoms with Gasteiger partial charge in [0, 0.05) is 6.07 Å². The molecule has 1 aromatic rings. The molecule has 0 fully saturated rings. The van der Waals surface area contributed by atoms with Gasteiger partial charge in [-0.1, -0.05) is 0 Å². The summed E-state index contributed by atoms with van der Waals surface area (Å²) in [5.41, 5.74) is 0.383. The molecule has 0 N–H and O–H groups in total. The van der Waals surface area contributed by atoms with Gasteiger partial charge in [-0.25, -0.2) is 4.68 Å². The topological polar surface area (TPSA) is 61.2 Å². The lowest BCUT2D eigenvalue weighted by Crippen LogP contribution is -2.28. The third-order valence-electron chi connectivity index (χ3n) is 1.65. The molecule has 0 saturated heterocycles. The van der Waals surface area contributed by atoms with Crippen molar-refractivity contribution in [3.05, 3.63) is 28.2 Å². The summed E-state index contributed by atoms with van der Waals surface area (Å²) in [5, 5.41) is 3.92. The van der Waals surface area contributed by atoms with Gasteiger partial charge in [-0.05, 0) is 26.8 Å². The molecule has 0 radical (unpaired) electrons. The maximum atomic E-state index is 11.3. The van der Waals surface area contributed by atoms with Gasteiger partial charge in [-0.3, -0.25) is 9.59 Å². The quantitative estimate of drug-likeness (QED) is 0.682. The van der Waals surface area contributed by atoms with E-state index in [4.69, 9.17) is 4.74 Å². The van der Waals surface area contributed by atoms with Crippen LogP contribution in [0.25, 0.3) is 0 Å². The van der Waals surface area contributed by atoms with Crippen molar-refractivity contribution in [2.45, 2.75) is 33.4 Å². The van der Waals surface area contributed by atoms with E-state index >= 15 is 0 Å². The molecule has 5 nitrogen and oxygen atoms in total. The van der Waals surface area contributed by atoms with Crippen LogP contribution in [0.4, 0.5) is 0 Å². The minimum absolute atomic E-state index is 0.140. The lowest BCUT2D eigenvalue weighted by Gasteiger charge is -2.08. The maximum absolute atomic E-state index is 11.3. The molecular weight excluding hydrogens is 196 g/mol. The average molecular weight is 210 g/mol. The molecule has 0 unspecified atom stereocenters. The van der Waals surface area contributed by atoms with Crippen LogP contribution in [0.15, 0.2) is 16.9 Å². The summed E-state index contributed by atoms with van der Waals surface area (Å²) >= 11 is 0. The predicted molar refractivity (Wildman–Crippen MR) is 54.5 cm³/mol. The lowest BCUT2D eigenvalue weighted by molar-refractivity contribution is -0.148. The monoisotopic (exact) mass is 210 g/mol. The van der Waals surface area contributed by atoms with Crippen molar-refractivity contribution in [1.29, 1.82) is 0 Å². The first-order valence-corrected chi connectivity index (χ1v) is 4.73. The molecule has 5 heteroatoms. The summed E-state index contributed by atoms with van der Waals surface area (Å²) in [7, 11) is 0. The molecule has 0 aliphatic carbocycles. The lowest BCUT2D eigenvalue weighted by atomic mass is 10.4. The van der Waals surface area contributed by atoms with Gasteiger partial charge >= 0.3 is 5.97 Å². The molecule has 1 heterocycles. The van der Waals surface area contributed by atoms with Crippen LogP contribution in [0.3, 0.4) is 0 Å². The number of aryl methyl sites for hydroxylation is 1. The van der Waals surface area contributed by atoms with E-state index in [0.29, 0.717) is 5.69 Å². The molecule has 0 atom stereocenters. The number of nitrogens with zero attached hydrogens (tertiary/aromatic N) is 2. The minimum atomic E-state index is -0.454. The Labute approximate surface area is 87.7 Å². The highest BCUT2D eigenvalue weighted by Crippen LogP contribution is 1.92. The van der Waals surface area contributed by atoms with Gasteiger partial charge in [-0.15, -0.1) is 0 Å². The SMILES string of the molecule is Cc1ccc(=O)n(CC(=O)OC(C)C)n1. The highest BCUT2D eigenvalue weighted by molar-refractivity contribution is 5.69. The normalized spacial score (nSPS) is 10.4. The van der Waals surface area contributed by atoms with Crippen molar-refractivity contribution >= 4 is 5.97 Å². The van der Waals surface area contributed by atoms with Crippen molar-refractivity contribution in [2.24, 2.45) is 0 Å². The van der Waals surface area contributed by atoms with Crippen LogP contribution in [0.1, 0.15) is 19.5 Å². The van der Waals surface area contributed by atoms with Crippen LogP contribution in [0, 0.1) is 6.92 Å². The zero-order chi connectivity index (χ0) is 11.4. The van der Waals surface area contributed by atoms with Crippen LogP contribution in [-0.4, -0.2) is 21.9 Å². The Morgan fingerprint density at radius 1 is 1.53 bits per heavy atom. The number of esters is 1. The molecule has 15 heavy (non-hydrogen) atoms. The van der Waals surface area contributed by atoms with Crippen molar-refractivity contribution in [3.63, 3.8) is 0 Å². The predicted octanol–water partition coefficient (Wildman–Crippen LogP) is 0.503. The van der Waals surface area contributed by atoms with Gasteiger partial charge < -0.3 is 4.74 Å². The van der Waals surface area contributed by atoms with Crippen LogP contribution in [0.5, 0.6) is 0 Å². The summed E-state index contributed by atoms with van der Waals surface area (Å²) in [4.78, 5) is 22.5. The molecule has 1 rings (SSSR count). The Bertz CT molecular complexity index is 409. The van der Waals surface area contributed by atoms with Crippen molar-refractivity contribution < 1.29 is 9.53 Å². The fraction of sp³-hybridized carbons (Fsp3) is 0.500. The molecule has 0 bridgehead atoms. The standard InChI is InChI=1S/C10H14N2O3/c1-7(2)15-10(14)6-12-9(13)5-4-8(3)11-12/h4-5,7H,6H2,1-3H3. The third-order valence-corrected chi connectivity index (χ3v) is 1.65. The smallest absolute Gasteiger partial charge is 0.328 e. The van der Waals surface area contributed by atoms with E-state index < -0.39 is 5.97 Å². The first kappa shape index (κ1) is 11.4. The van der Waals surface area contributed by atoms with E-state index in [9.17, 15) is 9.59 Å². The number of hydrogen-bond donors (Lipinski definition) is 0. The Kier molecular flexibility index (Phi) is 3.60. The van der Waals surface area contributed by atoms with Gasteiger partial charge in [0.25, 0.3) is 5.56 Å². The van der Waals surface area contributed by atoms with Crippen molar-refractivity contribution in [3.8, 4) is 0 Å². The van der Waals surface area contributed by atoms with Crippen LogP contribution < -0.4 is 5.56 Å². The molecule has 0 saturated carbocycles. The highest BCUT2D eigenvalue weighted by Gasteiger charge is 2.08. The zero-order valence-electron chi connectivity index (χ0n) is 9.06. The number of carbonyl (C=O) groups is 1. The first-order valence-electron chi connectivity index (χ1n) is 4.73. The van der Waals surface area contributed by atoms with E-state index in [1.807, 2.05) is 0 Å². The van der Waals surface area contributed by atoms with Crippen molar-refractivity contribution in [2.75, 3.05) is 0 Å². The van der Waals surface area contributed by atoms with E-state index in [2.05, 4.69) is 5.10 Å². The summed E-state index contributed by atoms with van der Waals surface area (Å²) in [6.45, 7) is 5.12. The Morgan fingerprint density at radius 2 is 2.20 bits per heavy atom. The van der Waals surface area contributed by atoms with E-state index in [0.717, 1.165) is 4.68 Å². The molecule has 1 aromatic heterocycles. The molecular formula is C10H14N2O3. The summed E-state index contributed by atoms with van der Waals surface area (Å²) < 4.78 is 6.01. The van der Waals surface area contributed by atoms with Crippen molar-refractivity contribution in [1.82, 2.24) is 9.78 Å². The van der Waals surface area contributed by atoms with Crippen LogP contribution >= 0.6 is 0 Å². The fourth-order valence-corrected chi connectivity index (χ4v) is 1.09. The van der Waals surface area contributed by atoms with E-state index in [1.165, 1.54) is 6.07 Å². The maximum Gasteiger partial charge on any atom is 0.328 e. The third kappa shape index (κ3) is 3.53. The molecule has 0 aromatic carbocycles. The molecule has 0 spiro atoms. The zero-order valence-corrected chi connectivity index (χ0v) is 9.06. The highest BCUT2D eigenvalue weighted by atomic mass is 16.5. The largest absolute Gasteiger partial charge is 0.462 e. The molecule has 0 amide bonds. The summed E-state index contributed by atoms with van der Waals surface area (Å²) in [6.07, 6.45) is -0.182. The molecule has 0 aliphatic heterocycles. The van der Waals surface area contributed by atoms with Gasteiger partial charge in [0.15, 0.2) is 0 Å². The average Bonchev–Trinajstić information content (AvgIpc) is 2.10.